The number of amides is 1. The Kier molecular flexibility index (Phi) is 5.21. The molecule has 5 rings (SSSR count). The third kappa shape index (κ3) is 4.30. The minimum Gasteiger partial charge on any atom is -0.444 e. The molecule has 7 nitrogen and oxygen atoms in total. The number of rotatable bonds is 2. The monoisotopic (exact) mass is 459 g/mol. The number of aromatic nitrogens is 3. The van der Waals surface area contributed by atoms with Crippen LogP contribution in [0.2, 0.25) is 0 Å². The summed E-state index contributed by atoms with van der Waals surface area (Å²) in [7, 11) is 1.99. The number of carbonyl (C=O) groups excluding carboxylic acids is 1. The molecule has 9 heteroatoms. The van der Waals surface area contributed by atoms with Crippen molar-refractivity contribution in [2.75, 3.05) is 24.5 Å². The second kappa shape index (κ2) is 7.78. The van der Waals surface area contributed by atoms with Gasteiger partial charge < -0.3 is 14.5 Å². The van der Waals surface area contributed by atoms with E-state index in [1.807, 2.05) is 48.7 Å². The first-order valence-corrected chi connectivity index (χ1v) is 12.5. The van der Waals surface area contributed by atoms with Crippen molar-refractivity contribution in [2.24, 2.45) is 7.05 Å². The molecule has 1 saturated heterocycles. The predicted molar refractivity (Wildman–Crippen MR) is 125 cm³/mol. The third-order valence-corrected chi connectivity index (χ3v) is 8.27. The number of piperidine rings is 1. The van der Waals surface area contributed by atoms with Crippen molar-refractivity contribution in [2.45, 2.75) is 58.1 Å². The van der Waals surface area contributed by atoms with Crippen LogP contribution in [0.4, 0.5) is 9.93 Å². The number of anilines is 1. The lowest BCUT2D eigenvalue weighted by molar-refractivity contribution is 0.0205. The first-order valence-electron chi connectivity index (χ1n) is 10.9. The number of likely N-dealkylation sites (tertiary alicyclic amines) is 1. The molecule has 2 aliphatic rings. The van der Waals surface area contributed by atoms with E-state index in [-0.39, 0.29) is 6.09 Å². The molecule has 0 radical (unpaired) electrons. The van der Waals surface area contributed by atoms with E-state index in [4.69, 9.17) is 9.72 Å². The molecule has 0 N–H and O–H groups in total. The minimum absolute atomic E-state index is 0.192. The van der Waals surface area contributed by atoms with Gasteiger partial charge in [-0.2, -0.15) is 5.10 Å². The topological polar surface area (TPSA) is 63.5 Å². The quantitative estimate of drug-likeness (QED) is 0.552. The van der Waals surface area contributed by atoms with Gasteiger partial charge in [0.15, 0.2) is 5.13 Å². The van der Waals surface area contributed by atoms with E-state index in [0.717, 1.165) is 55.4 Å². The van der Waals surface area contributed by atoms with Crippen molar-refractivity contribution in [1.29, 1.82) is 0 Å². The van der Waals surface area contributed by atoms with Gasteiger partial charge in [0.2, 0.25) is 0 Å². The number of hydrogen-bond donors (Lipinski definition) is 0. The average molecular weight is 460 g/mol. The van der Waals surface area contributed by atoms with Gasteiger partial charge in [0, 0.05) is 56.3 Å². The van der Waals surface area contributed by atoms with Gasteiger partial charge in [0.1, 0.15) is 10.4 Å². The number of fused-ring (bicyclic) bond motifs is 2. The standard InChI is InChI=1S/C22H29N5O2S2/c1-22(2,3)29-21(28)26-8-5-14(6-9-26)17-11-18-19(30-17)23-20(31-18)27-10-7-16-15(13-27)12-25(4)24-16/h11-12,14H,5-10,13H2,1-4H3. The van der Waals surface area contributed by atoms with Crippen molar-refractivity contribution in [3.63, 3.8) is 0 Å². The molecule has 0 saturated carbocycles. The van der Waals surface area contributed by atoms with Gasteiger partial charge in [-0.1, -0.05) is 11.3 Å². The number of thiazole rings is 1. The molecule has 3 aromatic heterocycles. The Hall–Kier alpha value is -2.13. The number of thiophene rings is 1. The predicted octanol–water partition coefficient (Wildman–Crippen LogP) is 4.77. The number of carbonyl (C=O) groups is 1. The maximum absolute atomic E-state index is 12.3. The molecule has 2 aliphatic heterocycles. The summed E-state index contributed by atoms with van der Waals surface area (Å²) < 4.78 is 8.71. The van der Waals surface area contributed by atoms with Crippen LogP contribution in [0.3, 0.4) is 0 Å². The molecule has 1 amide bonds. The molecule has 0 aromatic carbocycles. The zero-order valence-corrected chi connectivity index (χ0v) is 20.2. The molecule has 166 valence electrons. The Morgan fingerprint density at radius 2 is 1.97 bits per heavy atom. The van der Waals surface area contributed by atoms with E-state index in [1.54, 1.807) is 11.3 Å². The minimum atomic E-state index is -0.442. The zero-order valence-electron chi connectivity index (χ0n) is 18.6. The lowest BCUT2D eigenvalue weighted by Crippen LogP contribution is -2.41. The maximum Gasteiger partial charge on any atom is 0.410 e. The molecule has 0 spiro atoms. The summed E-state index contributed by atoms with van der Waals surface area (Å²) in [5, 5.41) is 5.66. The Balaban J connectivity index is 1.23. The summed E-state index contributed by atoms with van der Waals surface area (Å²) in [6, 6.07) is 2.33. The SMILES string of the molecule is Cn1cc2c(n1)CCN(c1nc3sc(C4CCN(C(=O)OC(C)(C)C)CC4)cc3s1)C2. The highest BCUT2D eigenvalue weighted by Gasteiger charge is 2.29. The Labute approximate surface area is 190 Å². The fourth-order valence-electron chi connectivity index (χ4n) is 4.37. The summed E-state index contributed by atoms with van der Waals surface area (Å²) >= 11 is 3.61. The van der Waals surface area contributed by atoms with Gasteiger partial charge in [-0.3, -0.25) is 4.68 Å². The second-order valence-electron chi connectivity index (χ2n) is 9.50. The first kappa shape index (κ1) is 20.8. The van der Waals surface area contributed by atoms with Gasteiger partial charge in [0.25, 0.3) is 0 Å². The summed E-state index contributed by atoms with van der Waals surface area (Å²) in [6.45, 7) is 9.11. The van der Waals surface area contributed by atoms with Crippen molar-refractivity contribution < 1.29 is 9.53 Å². The highest BCUT2D eigenvalue weighted by molar-refractivity contribution is 7.29. The normalized spacial score (nSPS) is 17.9. The van der Waals surface area contributed by atoms with E-state index in [9.17, 15) is 4.79 Å². The van der Waals surface area contributed by atoms with Crippen LogP contribution in [0.1, 0.15) is 55.7 Å². The average Bonchev–Trinajstić information content (AvgIpc) is 3.37. The lowest BCUT2D eigenvalue weighted by atomic mass is 9.95. The molecule has 1 fully saturated rings. The van der Waals surface area contributed by atoms with Crippen LogP contribution in [0.5, 0.6) is 0 Å². The van der Waals surface area contributed by atoms with Gasteiger partial charge in [-0.05, 0) is 45.6 Å². The summed E-state index contributed by atoms with van der Waals surface area (Å²) in [5.74, 6) is 0.501. The molecular weight excluding hydrogens is 430 g/mol. The number of hydrogen-bond acceptors (Lipinski definition) is 7. The molecule has 0 atom stereocenters. The lowest BCUT2D eigenvalue weighted by Gasteiger charge is -2.33. The summed E-state index contributed by atoms with van der Waals surface area (Å²) in [6.07, 6.45) is 4.87. The molecule has 0 unspecified atom stereocenters. The molecular formula is C22H29N5O2S2. The highest BCUT2D eigenvalue weighted by Crippen LogP contribution is 2.41. The van der Waals surface area contributed by atoms with Crippen LogP contribution in [0.25, 0.3) is 9.53 Å². The molecule has 31 heavy (non-hydrogen) atoms. The number of nitrogens with zero attached hydrogens (tertiary/aromatic N) is 5. The van der Waals surface area contributed by atoms with Crippen molar-refractivity contribution >= 4 is 43.4 Å². The van der Waals surface area contributed by atoms with Crippen LogP contribution < -0.4 is 4.90 Å². The van der Waals surface area contributed by atoms with Gasteiger partial charge in [-0.25, -0.2) is 9.78 Å². The fourth-order valence-corrected chi connectivity index (χ4v) is 6.78. The van der Waals surface area contributed by atoms with E-state index in [1.165, 1.54) is 20.8 Å². The Bertz CT molecular complexity index is 1070. The fraction of sp³-hybridized carbons (Fsp3) is 0.591. The number of ether oxygens (including phenoxy) is 1. The summed E-state index contributed by atoms with van der Waals surface area (Å²) in [4.78, 5) is 24.0. The zero-order chi connectivity index (χ0) is 21.8. The second-order valence-corrected chi connectivity index (χ2v) is 11.6. The van der Waals surface area contributed by atoms with E-state index < -0.39 is 5.60 Å². The molecule has 0 aliphatic carbocycles. The van der Waals surface area contributed by atoms with Crippen LogP contribution in [0, 0.1) is 0 Å². The summed E-state index contributed by atoms with van der Waals surface area (Å²) in [5.41, 5.74) is 2.09. The van der Waals surface area contributed by atoms with E-state index >= 15 is 0 Å². The largest absolute Gasteiger partial charge is 0.444 e. The van der Waals surface area contributed by atoms with Gasteiger partial charge >= 0.3 is 6.09 Å². The van der Waals surface area contributed by atoms with Gasteiger partial charge in [-0.15, -0.1) is 11.3 Å². The molecule has 0 bridgehead atoms. The molecule has 5 heterocycles. The van der Waals surface area contributed by atoms with Crippen LogP contribution in [-0.2, 0) is 24.8 Å². The van der Waals surface area contributed by atoms with Crippen molar-refractivity contribution in [3.8, 4) is 0 Å². The first-order chi connectivity index (χ1) is 14.7. The van der Waals surface area contributed by atoms with Crippen LogP contribution in [-0.4, -0.2) is 51.0 Å². The van der Waals surface area contributed by atoms with Crippen LogP contribution in [0.15, 0.2) is 12.3 Å². The highest BCUT2D eigenvalue weighted by atomic mass is 32.1. The third-order valence-electron chi connectivity index (χ3n) is 5.89. The maximum atomic E-state index is 12.3. The van der Waals surface area contributed by atoms with Crippen LogP contribution >= 0.6 is 22.7 Å². The van der Waals surface area contributed by atoms with Crippen molar-refractivity contribution in [1.82, 2.24) is 19.7 Å². The number of aryl methyl sites for hydroxylation is 1. The van der Waals surface area contributed by atoms with Crippen molar-refractivity contribution in [3.05, 3.63) is 28.4 Å². The van der Waals surface area contributed by atoms with E-state index in [2.05, 4.69) is 22.3 Å². The molecule has 3 aromatic rings. The van der Waals surface area contributed by atoms with E-state index in [0.29, 0.717) is 5.92 Å². The smallest absolute Gasteiger partial charge is 0.410 e. The Morgan fingerprint density at radius 1 is 1.19 bits per heavy atom. The Morgan fingerprint density at radius 3 is 2.68 bits per heavy atom. The van der Waals surface area contributed by atoms with Gasteiger partial charge in [0.05, 0.1) is 10.4 Å².